The van der Waals surface area contributed by atoms with Crippen molar-refractivity contribution in [2.75, 3.05) is 32.7 Å². The molecule has 3 aliphatic heterocycles. The zero-order chi connectivity index (χ0) is 13.2. The second-order valence-electron chi connectivity index (χ2n) is 5.70. The first-order chi connectivity index (χ1) is 9.24. The summed E-state index contributed by atoms with van der Waals surface area (Å²) >= 11 is 0. The van der Waals surface area contributed by atoms with Gasteiger partial charge in [0.05, 0.1) is 6.04 Å². The lowest BCUT2D eigenvalue weighted by Gasteiger charge is -2.36. The molecule has 19 heavy (non-hydrogen) atoms. The van der Waals surface area contributed by atoms with Crippen LogP contribution in [0, 0.1) is 0 Å². The molecule has 2 N–H and O–H groups in total. The summed E-state index contributed by atoms with van der Waals surface area (Å²) < 4.78 is 0. The molecular weight excluding hydrogens is 244 g/mol. The molecule has 0 radical (unpaired) electrons. The topological polar surface area (TPSA) is 64.7 Å². The molecule has 2 atom stereocenters. The first-order valence-electron chi connectivity index (χ1n) is 7.29. The molecule has 3 saturated heterocycles. The van der Waals surface area contributed by atoms with Crippen molar-refractivity contribution in [3.8, 4) is 0 Å². The quantitative estimate of drug-likeness (QED) is 0.740. The van der Waals surface area contributed by atoms with Crippen LogP contribution in [0.25, 0.3) is 0 Å². The number of nitrogens with zero attached hydrogens (tertiary/aromatic N) is 2. The van der Waals surface area contributed by atoms with E-state index in [1.807, 2.05) is 9.80 Å². The van der Waals surface area contributed by atoms with Gasteiger partial charge >= 0.3 is 6.03 Å². The first-order valence-corrected chi connectivity index (χ1v) is 7.29. The number of hydrogen-bond acceptors (Lipinski definition) is 3. The van der Waals surface area contributed by atoms with Gasteiger partial charge in [-0.1, -0.05) is 0 Å². The molecule has 0 bridgehead atoms. The average Bonchev–Trinajstić information content (AvgIpc) is 3.06. The number of piperazine rings is 1. The summed E-state index contributed by atoms with van der Waals surface area (Å²) in [4.78, 5) is 27.5. The molecule has 3 heterocycles. The predicted octanol–water partition coefficient (Wildman–Crippen LogP) is -0.245. The van der Waals surface area contributed by atoms with Gasteiger partial charge < -0.3 is 20.4 Å². The third-order valence-corrected chi connectivity index (χ3v) is 4.45. The third kappa shape index (κ3) is 2.68. The number of fused-ring (bicyclic) bond motifs is 1. The van der Waals surface area contributed by atoms with Gasteiger partial charge in [-0.2, -0.15) is 0 Å². The summed E-state index contributed by atoms with van der Waals surface area (Å²) in [6.07, 6.45) is 4.00. The Balaban J connectivity index is 1.46. The van der Waals surface area contributed by atoms with Crippen LogP contribution in [0.1, 0.15) is 25.7 Å². The molecule has 3 aliphatic rings. The molecule has 0 aromatic heterocycles. The van der Waals surface area contributed by atoms with E-state index in [0.29, 0.717) is 38.6 Å². The van der Waals surface area contributed by atoms with Gasteiger partial charge in [0.2, 0.25) is 5.91 Å². The fourth-order valence-electron chi connectivity index (χ4n) is 3.29. The minimum absolute atomic E-state index is 0.0206. The van der Waals surface area contributed by atoms with E-state index in [1.165, 1.54) is 12.8 Å². The molecular formula is C13H22N4O2. The van der Waals surface area contributed by atoms with Crippen molar-refractivity contribution in [1.82, 2.24) is 20.4 Å². The largest absolute Gasteiger partial charge is 0.339 e. The van der Waals surface area contributed by atoms with Crippen LogP contribution in [0.15, 0.2) is 0 Å². The summed E-state index contributed by atoms with van der Waals surface area (Å²) in [5, 5.41) is 6.26. The van der Waals surface area contributed by atoms with Gasteiger partial charge in [-0.3, -0.25) is 4.79 Å². The van der Waals surface area contributed by atoms with Crippen LogP contribution < -0.4 is 10.6 Å². The average molecular weight is 266 g/mol. The molecule has 6 heteroatoms. The zero-order valence-corrected chi connectivity index (χ0v) is 11.2. The molecule has 106 valence electrons. The van der Waals surface area contributed by atoms with Gasteiger partial charge in [-0.15, -0.1) is 0 Å². The Morgan fingerprint density at radius 2 is 2.26 bits per heavy atom. The van der Waals surface area contributed by atoms with Gasteiger partial charge in [-0.05, 0) is 25.8 Å². The molecule has 0 aromatic rings. The number of carbonyl (C=O) groups excluding carboxylic acids is 2. The molecule has 6 nitrogen and oxygen atoms in total. The monoisotopic (exact) mass is 266 g/mol. The van der Waals surface area contributed by atoms with Crippen LogP contribution in [0.3, 0.4) is 0 Å². The normalized spacial score (nSPS) is 30.4. The highest BCUT2D eigenvalue weighted by Crippen LogP contribution is 2.17. The van der Waals surface area contributed by atoms with Crippen LogP contribution in [-0.2, 0) is 4.79 Å². The van der Waals surface area contributed by atoms with Crippen molar-refractivity contribution in [3.63, 3.8) is 0 Å². The molecule has 3 fully saturated rings. The number of hydrogen-bond donors (Lipinski definition) is 2. The van der Waals surface area contributed by atoms with Crippen LogP contribution in [-0.4, -0.2) is 66.5 Å². The molecule has 3 rings (SSSR count). The van der Waals surface area contributed by atoms with Crippen molar-refractivity contribution in [2.24, 2.45) is 0 Å². The summed E-state index contributed by atoms with van der Waals surface area (Å²) in [5.41, 5.74) is 0. The van der Waals surface area contributed by atoms with Crippen molar-refractivity contribution in [2.45, 2.75) is 37.8 Å². The minimum atomic E-state index is 0.0206. The lowest BCUT2D eigenvalue weighted by atomic mass is 10.1. The SMILES string of the molecule is O=C(CCC1CCCN1)N1CCN2C(=O)NCC2C1. The molecule has 0 spiro atoms. The molecule has 0 aliphatic carbocycles. The predicted molar refractivity (Wildman–Crippen MR) is 70.7 cm³/mol. The van der Waals surface area contributed by atoms with Gasteiger partial charge in [0.1, 0.15) is 0 Å². The van der Waals surface area contributed by atoms with E-state index in [4.69, 9.17) is 0 Å². The third-order valence-electron chi connectivity index (χ3n) is 4.45. The number of amides is 3. The number of rotatable bonds is 3. The van der Waals surface area contributed by atoms with E-state index < -0.39 is 0 Å². The highest BCUT2D eigenvalue weighted by molar-refractivity contribution is 5.79. The molecule has 2 unspecified atom stereocenters. The Labute approximate surface area is 113 Å². The standard InChI is InChI=1S/C13H22N4O2/c18-12(4-3-10-2-1-5-14-10)16-6-7-17-11(9-16)8-15-13(17)19/h10-11,14H,1-9H2,(H,15,19). The van der Waals surface area contributed by atoms with Gasteiger partial charge in [0, 0.05) is 38.6 Å². The van der Waals surface area contributed by atoms with E-state index in [2.05, 4.69) is 10.6 Å². The fraction of sp³-hybridized carbons (Fsp3) is 0.846. The maximum Gasteiger partial charge on any atom is 0.317 e. The highest BCUT2D eigenvalue weighted by atomic mass is 16.2. The van der Waals surface area contributed by atoms with Crippen LogP contribution in [0.2, 0.25) is 0 Å². The first kappa shape index (κ1) is 12.7. The van der Waals surface area contributed by atoms with Gasteiger partial charge in [-0.25, -0.2) is 4.79 Å². The van der Waals surface area contributed by atoms with Crippen LogP contribution >= 0.6 is 0 Å². The number of urea groups is 1. The Kier molecular flexibility index (Phi) is 3.59. The Morgan fingerprint density at radius 1 is 1.37 bits per heavy atom. The zero-order valence-electron chi connectivity index (χ0n) is 11.2. The van der Waals surface area contributed by atoms with E-state index in [0.717, 1.165) is 13.0 Å². The van der Waals surface area contributed by atoms with E-state index in [9.17, 15) is 9.59 Å². The lowest BCUT2D eigenvalue weighted by Crippen LogP contribution is -2.53. The molecule has 0 saturated carbocycles. The van der Waals surface area contributed by atoms with Crippen molar-refractivity contribution < 1.29 is 9.59 Å². The van der Waals surface area contributed by atoms with Crippen molar-refractivity contribution in [3.05, 3.63) is 0 Å². The van der Waals surface area contributed by atoms with Crippen molar-refractivity contribution in [1.29, 1.82) is 0 Å². The highest BCUT2D eigenvalue weighted by Gasteiger charge is 2.36. The second-order valence-corrected chi connectivity index (χ2v) is 5.70. The van der Waals surface area contributed by atoms with Crippen LogP contribution in [0.5, 0.6) is 0 Å². The van der Waals surface area contributed by atoms with E-state index in [-0.39, 0.29) is 18.0 Å². The maximum absolute atomic E-state index is 12.2. The summed E-state index contributed by atoms with van der Waals surface area (Å²) in [6, 6.07) is 0.724. The second kappa shape index (κ2) is 5.36. The smallest absolute Gasteiger partial charge is 0.317 e. The number of nitrogens with one attached hydrogen (secondary N) is 2. The summed E-state index contributed by atoms with van der Waals surface area (Å²) in [7, 11) is 0. The van der Waals surface area contributed by atoms with Gasteiger partial charge in [0.25, 0.3) is 0 Å². The Bertz CT molecular complexity index is 368. The molecule has 3 amide bonds. The Morgan fingerprint density at radius 3 is 3.05 bits per heavy atom. The van der Waals surface area contributed by atoms with Crippen molar-refractivity contribution >= 4 is 11.9 Å². The molecule has 0 aromatic carbocycles. The van der Waals surface area contributed by atoms with E-state index in [1.54, 1.807) is 0 Å². The summed E-state index contributed by atoms with van der Waals surface area (Å²) in [6.45, 7) is 3.81. The number of carbonyl (C=O) groups is 2. The lowest BCUT2D eigenvalue weighted by molar-refractivity contribution is -0.133. The minimum Gasteiger partial charge on any atom is -0.339 e. The maximum atomic E-state index is 12.2. The summed E-state index contributed by atoms with van der Waals surface area (Å²) in [5.74, 6) is 0.243. The van der Waals surface area contributed by atoms with E-state index >= 15 is 0 Å². The Hall–Kier alpha value is -1.30. The van der Waals surface area contributed by atoms with Crippen LogP contribution in [0.4, 0.5) is 4.79 Å². The fourth-order valence-corrected chi connectivity index (χ4v) is 3.29. The van der Waals surface area contributed by atoms with Gasteiger partial charge in [0.15, 0.2) is 0 Å².